The molecule has 1 N–H and O–H groups in total. The number of hydrogen-bond acceptors (Lipinski definition) is 1. The summed E-state index contributed by atoms with van der Waals surface area (Å²) in [5.41, 5.74) is 0.440. The number of halogens is 2. The van der Waals surface area contributed by atoms with Crippen molar-refractivity contribution in [1.82, 2.24) is 0 Å². The van der Waals surface area contributed by atoms with E-state index in [1.54, 1.807) is 6.07 Å². The lowest BCUT2D eigenvalue weighted by atomic mass is 9.64. The Morgan fingerprint density at radius 1 is 1.43 bits per heavy atom. The monoisotopic (exact) mass is 214 g/mol. The first-order valence-electron chi connectivity index (χ1n) is 4.68. The van der Waals surface area contributed by atoms with Gasteiger partial charge < -0.3 is 5.11 Å². The summed E-state index contributed by atoms with van der Waals surface area (Å²) >= 11 is 6.01. The van der Waals surface area contributed by atoms with Gasteiger partial charge in [-0.05, 0) is 24.5 Å². The predicted octanol–water partition coefficient (Wildman–Crippen LogP) is 2.70. The molecule has 0 saturated heterocycles. The van der Waals surface area contributed by atoms with Crippen LogP contribution >= 0.6 is 11.6 Å². The first-order chi connectivity index (χ1) is 6.68. The quantitative estimate of drug-likeness (QED) is 0.803. The van der Waals surface area contributed by atoms with Crippen LogP contribution in [-0.4, -0.2) is 17.9 Å². The topological polar surface area (TPSA) is 20.2 Å². The molecule has 3 heteroatoms. The van der Waals surface area contributed by atoms with Gasteiger partial charge in [-0.1, -0.05) is 29.8 Å². The Morgan fingerprint density at radius 2 is 2.07 bits per heavy atom. The van der Waals surface area contributed by atoms with Crippen LogP contribution in [0.25, 0.3) is 0 Å². The van der Waals surface area contributed by atoms with Gasteiger partial charge in [0.05, 0.1) is 6.61 Å². The second-order valence-corrected chi connectivity index (χ2v) is 4.33. The van der Waals surface area contributed by atoms with Crippen LogP contribution < -0.4 is 0 Å². The Morgan fingerprint density at radius 3 is 2.57 bits per heavy atom. The molecule has 0 amide bonds. The van der Waals surface area contributed by atoms with E-state index in [1.165, 1.54) is 0 Å². The van der Waals surface area contributed by atoms with Crippen molar-refractivity contribution in [1.29, 1.82) is 0 Å². The summed E-state index contributed by atoms with van der Waals surface area (Å²) in [6.45, 7) is -0.0306. The molecule has 0 unspecified atom stereocenters. The highest BCUT2D eigenvalue weighted by Gasteiger charge is 2.46. The number of aliphatic hydroxyl groups excluding tert-OH is 1. The minimum absolute atomic E-state index is 0.0306. The van der Waals surface area contributed by atoms with Gasteiger partial charge in [-0.15, -0.1) is 0 Å². The molecule has 1 aliphatic carbocycles. The maximum atomic E-state index is 12.9. The van der Waals surface area contributed by atoms with Crippen LogP contribution in [0.15, 0.2) is 24.3 Å². The summed E-state index contributed by atoms with van der Waals surface area (Å²) in [6.07, 6.45) is -0.0288. The first kappa shape index (κ1) is 9.94. The largest absolute Gasteiger partial charge is 0.395 e. The fraction of sp³-hybridized carbons (Fsp3) is 0.455. The summed E-state index contributed by atoms with van der Waals surface area (Å²) < 4.78 is 12.9. The zero-order valence-corrected chi connectivity index (χ0v) is 8.47. The van der Waals surface area contributed by atoms with Gasteiger partial charge >= 0.3 is 0 Å². The van der Waals surface area contributed by atoms with Gasteiger partial charge in [0.2, 0.25) is 0 Å². The average Bonchev–Trinajstić information content (AvgIpc) is 2.14. The van der Waals surface area contributed by atoms with Crippen molar-refractivity contribution in [2.75, 3.05) is 6.61 Å². The third-order valence-electron chi connectivity index (χ3n) is 2.97. The molecule has 1 aromatic carbocycles. The summed E-state index contributed by atoms with van der Waals surface area (Å²) in [7, 11) is 0. The highest BCUT2D eigenvalue weighted by molar-refractivity contribution is 6.31. The molecule has 1 saturated carbocycles. The summed E-state index contributed by atoms with van der Waals surface area (Å²) in [5.74, 6) is 0. The number of benzene rings is 1. The second kappa shape index (κ2) is 3.52. The van der Waals surface area contributed by atoms with Gasteiger partial charge in [0.25, 0.3) is 0 Å². The molecule has 0 heterocycles. The van der Waals surface area contributed by atoms with Crippen molar-refractivity contribution in [2.24, 2.45) is 0 Å². The van der Waals surface area contributed by atoms with Crippen LogP contribution in [0.1, 0.15) is 18.4 Å². The van der Waals surface area contributed by atoms with Gasteiger partial charge in [-0.2, -0.15) is 0 Å². The van der Waals surface area contributed by atoms with E-state index in [0.717, 1.165) is 5.56 Å². The normalized spacial score (nSPS) is 31.2. The molecular weight excluding hydrogens is 203 g/mol. The van der Waals surface area contributed by atoms with Crippen molar-refractivity contribution in [2.45, 2.75) is 24.4 Å². The lowest BCUT2D eigenvalue weighted by Gasteiger charge is -2.43. The summed E-state index contributed by atoms with van der Waals surface area (Å²) in [6, 6.07) is 7.34. The molecule has 0 atom stereocenters. The fourth-order valence-electron chi connectivity index (χ4n) is 2.11. The molecule has 0 aromatic heterocycles. The van der Waals surface area contributed by atoms with Crippen LogP contribution in [0.4, 0.5) is 4.39 Å². The van der Waals surface area contributed by atoms with Gasteiger partial charge in [0.1, 0.15) is 6.17 Å². The summed E-state index contributed by atoms with van der Waals surface area (Å²) in [5, 5.41) is 9.93. The van der Waals surface area contributed by atoms with Crippen LogP contribution in [0.2, 0.25) is 5.02 Å². The van der Waals surface area contributed by atoms with E-state index in [9.17, 15) is 9.50 Å². The molecule has 76 valence electrons. The van der Waals surface area contributed by atoms with Gasteiger partial charge in [0, 0.05) is 10.4 Å². The van der Waals surface area contributed by atoms with E-state index in [0.29, 0.717) is 17.9 Å². The van der Waals surface area contributed by atoms with Crippen LogP contribution in [0.5, 0.6) is 0 Å². The number of rotatable bonds is 2. The Bertz CT molecular complexity index is 334. The third-order valence-corrected chi connectivity index (χ3v) is 3.30. The van der Waals surface area contributed by atoms with Gasteiger partial charge in [-0.25, -0.2) is 4.39 Å². The minimum Gasteiger partial charge on any atom is -0.395 e. The Labute approximate surface area is 87.5 Å². The number of alkyl halides is 1. The third kappa shape index (κ3) is 1.43. The molecule has 0 spiro atoms. The maximum Gasteiger partial charge on any atom is 0.102 e. The van der Waals surface area contributed by atoms with Gasteiger partial charge in [-0.3, -0.25) is 0 Å². The van der Waals surface area contributed by atoms with E-state index in [4.69, 9.17) is 11.6 Å². The molecule has 1 aliphatic rings. The Kier molecular flexibility index (Phi) is 2.50. The summed E-state index contributed by atoms with van der Waals surface area (Å²) in [4.78, 5) is 0. The molecule has 2 rings (SSSR count). The first-order valence-corrected chi connectivity index (χ1v) is 5.06. The molecule has 0 aliphatic heterocycles. The molecule has 1 fully saturated rings. The van der Waals surface area contributed by atoms with Crippen LogP contribution in [0, 0.1) is 0 Å². The molecule has 0 bridgehead atoms. The molecular formula is C11H12ClFO. The van der Waals surface area contributed by atoms with Crippen molar-refractivity contribution in [3.05, 3.63) is 34.9 Å². The van der Waals surface area contributed by atoms with Crippen LogP contribution in [-0.2, 0) is 5.41 Å². The molecule has 1 nitrogen and oxygen atoms in total. The standard InChI is InChI=1S/C11H12ClFO/c12-10-4-2-1-3-9(10)11(7-14)5-8(13)6-11/h1-4,8,14H,5-7H2. The van der Waals surface area contributed by atoms with Crippen molar-refractivity contribution >= 4 is 11.6 Å². The van der Waals surface area contributed by atoms with E-state index in [-0.39, 0.29) is 6.61 Å². The lowest BCUT2D eigenvalue weighted by Crippen LogP contribution is -2.45. The maximum absolute atomic E-state index is 12.9. The lowest BCUT2D eigenvalue weighted by molar-refractivity contribution is 0.0411. The van der Waals surface area contributed by atoms with Crippen molar-refractivity contribution < 1.29 is 9.50 Å². The van der Waals surface area contributed by atoms with Gasteiger partial charge in [0.15, 0.2) is 0 Å². The Hall–Kier alpha value is -0.600. The SMILES string of the molecule is OCC1(c2ccccc2Cl)CC(F)C1. The smallest absolute Gasteiger partial charge is 0.102 e. The number of aliphatic hydroxyl groups is 1. The van der Waals surface area contributed by atoms with E-state index < -0.39 is 11.6 Å². The average molecular weight is 215 g/mol. The molecule has 1 aromatic rings. The predicted molar refractivity (Wildman–Crippen MR) is 54.3 cm³/mol. The van der Waals surface area contributed by atoms with Crippen molar-refractivity contribution in [3.63, 3.8) is 0 Å². The zero-order valence-electron chi connectivity index (χ0n) is 7.71. The zero-order chi connectivity index (χ0) is 10.2. The number of hydrogen-bond donors (Lipinski definition) is 1. The van der Waals surface area contributed by atoms with E-state index in [1.807, 2.05) is 18.2 Å². The highest BCUT2D eigenvalue weighted by atomic mass is 35.5. The van der Waals surface area contributed by atoms with Crippen molar-refractivity contribution in [3.8, 4) is 0 Å². The fourth-order valence-corrected chi connectivity index (χ4v) is 2.45. The molecule has 0 radical (unpaired) electrons. The minimum atomic E-state index is -0.793. The molecule has 14 heavy (non-hydrogen) atoms. The Balaban J connectivity index is 2.34. The van der Waals surface area contributed by atoms with E-state index >= 15 is 0 Å². The van der Waals surface area contributed by atoms with E-state index in [2.05, 4.69) is 0 Å². The second-order valence-electron chi connectivity index (χ2n) is 3.92. The van der Waals surface area contributed by atoms with Crippen LogP contribution in [0.3, 0.4) is 0 Å². The highest BCUT2D eigenvalue weighted by Crippen LogP contribution is 2.47.